The first-order chi connectivity index (χ1) is 11.3. The SMILES string of the molecule is N#Cc1cccc(C(C#N)CCOc2ccc3c(c2)OCO3)c1. The van der Waals surface area contributed by atoms with E-state index in [2.05, 4.69) is 12.1 Å². The standard InChI is InChI=1S/C18H14N2O3/c19-10-13-2-1-3-14(8-13)15(11-20)6-7-21-16-4-5-17-18(9-16)23-12-22-17/h1-5,8-9,15H,6-7,12H2. The van der Waals surface area contributed by atoms with Crippen LogP contribution in [-0.2, 0) is 0 Å². The summed E-state index contributed by atoms with van der Waals surface area (Å²) in [6.07, 6.45) is 0.541. The first-order valence-electron chi connectivity index (χ1n) is 7.22. The van der Waals surface area contributed by atoms with Gasteiger partial charge in [-0.2, -0.15) is 10.5 Å². The van der Waals surface area contributed by atoms with Crippen LogP contribution in [0.3, 0.4) is 0 Å². The van der Waals surface area contributed by atoms with Crippen molar-refractivity contribution >= 4 is 0 Å². The maximum atomic E-state index is 9.34. The van der Waals surface area contributed by atoms with Gasteiger partial charge in [0.25, 0.3) is 0 Å². The summed E-state index contributed by atoms with van der Waals surface area (Å²) < 4.78 is 16.2. The smallest absolute Gasteiger partial charge is 0.231 e. The molecule has 1 aliphatic heterocycles. The van der Waals surface area contributed by atoms with Gasteiger partial charge in [0.2, 0.25) is 6.79 Å². The average Bonchev–Trinajstić information content (AvgIpc) is 3.06. The third kappa shape index (κ3) is 3.36. The fraction of sp³-hybridized carbons (Fsp3) is 0.222. The number of rotatable bonds is 5. The predicted molar refractivity (Wildman–Crippen MR) is 82.2 cm³/mol. The highest BCUT2D eigenvalue weighted by atomic mass is 16.7. The Hall–Kier alpha value is -3.18. The van der Waals surface area contributed by atoms with E-state index in [4.69, 9.17) is 19.5 Å². The Morgan fingerprint density at radius 3 is 2.78 bits per heavy atom. The van der Waals surface area contributed by atoms with Gasteiger partial charge in [0.1, 0.15) is 5.75 Å². The van der Waals surface area contributed by atoms with Crippen LogP contribution in [0.2, 0.25) is 0 Å². The summed E-state index contributed by atoms with van der Waals surface area (Å²) in [5.74, 6) is 1.75. The first-order valence-corrected chi connectivity index (χ1v) is 7.22. The van der Waals surface area contributed by atoms with Crippen molar-refractivity contribution in [3.05, 3.63) is 53.6 Å². The lowest BCUT2D eigenvalue weighted by Gasteiger charge is -2.11. The summed E-state index contributed by atoms with van der Waals surface area (Å²) >= 11 is 0. The molecule has 2 aromatic carbocycles. The summed E-state index contributed by atoms with van der Waals surface area (Å²) in [5, 5.41) is 18.3. The summed E-state index contributed by atoms with van der Waals surface area (Å²) in [4.78, 5) is 0. The van der Waals surface area contributed by atoms with Gasteiger partial charge in [0.15, 0.2) is 11.5 Å². The fourth-order valence-electron chi connectivity index (χ4n) is 2.39. The molecule has 0 bridgehead atoms. The molecular formula is C18H14N2O3. The Morgan fingerprint density at radius 1 is 1.09 bits per heavy atom. The highest BCUT2D eigenvalue weighted by Crippen LogP contribution is 2.35. The van der Waals surface area contributed by atoms with Crippen LogP contribution < -0.4 is 14.2 Å². The number of hydrogen-bond donors (Lipinski definition) is 0. The van der Waals surface area contributed by atoms with E-state index < -0.39 is 0 Å². The lowest BCUT2D eigenvalue weighted by Crippen LogP contribution is -2.04. The molecular weight excluding hydrogens is 292 g/mol. The maximum Gasteiger partial charge on any atom is 0.231 e. The van der Waals surface area contributed by atoms with Crippen molar-refractivity contribution in [2.24, 2.45) is 0 Å². The van der Waals surface area contributed by atoms with Crippen LogP contribution in [0.15, 0.2) is 42.5 Å². The third-order valence-corrected chi connectivity index (χ3v) is 3.59. The molecule has 5 heteroatoms. The van der Waals surface area contributed by atoms with Gasteiger partial charge in [-0.1, -0.05) is 12.1 Å². The number of hydrogen-bond acceptors (Lipinski definition) is 5. The summed E-state index contributed by atoms with van der Waals surface area (Å²) in [6, 6.07) is 16.9. The second-order valence-electron chi connectivity index (χ2n) is 5.07. The molecule has 1 atom stereocenters. The molecule has 1 heterocycles. The highest BCUT2D eigenvalue weighted by Gasteiger charge is 2.15. The largest absolute Gasteiger partial charge is 0.493 e. The molecule has 0 radical (unpaired) electrons. The normalized spacial score (nSPS) is 13.0. The van der Waals surface area contributed by atoms with E-state index in [1.165, 1.54) is 0 Å². The molecule has 5 nitrogen and oxygen atoms in total. The van der Waals surface area contributed by atoms with Crippen LogP contribution in [0.5, 0.6) is 17.2 Å². The second kappa shape index (κ2) is 6.72. The molecule has 0 aromatic heterocycles. The van der Waals surface area contributed by atoms with Crippen molar-refractivity contribution in [1.29, 1.82) is 10.5 Å². The highest BCUT2D eigenvalue weighted by molar-refractivity contribution is 5.46. The molecule has 2 aromatic rings. The van der Waals surface area contributed by atoms with Gasteiger partial charge in [-0.3, -0.25) is 0 Å². The van der Waals surface area contributed by atoms with E-state index in [0.29, 0.717) is 35.8 Å². The van der Waals surface area contributed by atoms with Gasteiger partial charge >= 0.3 is 0 Å². The van der Waals surface area contributed by atoms with Crippen molar-refractivity contribution in [1.82, 2.24) is 0 Å². The molecule has 114 valence electrons. The van der Waals surface area contributed by atoms with Gasteiger partial charge in [-0.15, -0.1) is 0 Å². The molecule has 0 fully saturated rings. The van der Waals surface area contributed by atoms with Crippen LogP contribution in [0, 0.1) is 22.7 Å². The van der Waals surface area contributed by atoms with Crippen molar-refractivity contribution in [3.63, 3.8) is 0 Å². The topological polar surface area (TPSA) is 75.3 Å². The Labute approximate surface area is 134 Å². The molecule has 1 unspecified atom stereocenters. The Bertz CT molecular complexity index is 790. The maximum absolute atomic E-state index is 9.34. The summed E-state index contributed by atoms with van der Waals surface area (Å²) in [5.41, 5.74) is 1.39. The van der Waals surface area contributed by atoms with Crippen molar-refractivity contribution in [2.45, 2.75) is 12.3 Å². The molecule has 0 saturated carbocycles. The van der Waals surface area contributed by atoms with Gasteiger partial charge in [0, 0.05) is 12.5 Å². The van der Waals surface area contributed by atoms with Gasteiger partial charge in [-0.05, 0) is 29.8 Å². The van der Waals surface area contributed by atoms with Crippen LogP contribution >= 0.6 is 0 Å². The van der Waals surface area contributed by atoms with Crippen molar-refractivity contribution in [3.8, 4) is 29.4 Å². The van der Waals surface area contributed by atoms with Crippen LogP contribution in [-0.4, -0.2) is 13.4 Å². The molecule has 0 spiro atoms. The van der Waals surface area contributed by atoms with Gasteiger partial charge < -0.3 is 14.2 Å². The summed E-state index contributed by atoms with van der Waals surface area (Å²) in [6.45, 7) is 0.624. The fourth-order valence-corrected chi connectivity index (χ4v) is 2.39. The average molecular weight is 306 g/mol. The van der Waals surface area contributed by atoms with Crippen molar-refractivity contribution < 1.29 is 14.2 Å². The van der Waals surface area contributed by atoms with Crippen LogP contribution in [0.25, 0.3) is 0 Å². The van der Waals surface area contributed by atoms with Gasteiger partial charge in [0.05, 0.1) is 30.2 Å². The second-order valence-corrected chi connectivity index (χ2v) is 5.07. The predicted octanol–water partition coefficient (Wildman–Crippen LogP) is 3.36. The Balaban J connectivity index is 1.60. The molecule has 0 amide bonds. The zero-order chi connectivity index (χ0) is 16.1. The minimum absolute atomic E-state index is 0.227. The molecule has 23 heavy (non-hydrogen) atoms. The van der Waals surface area contributed by atoms with E-state index in [0.717, 1.165) is 5.56 Å². The van der Waals surface area contributed by atoms with E-state index >= 15 is 0 Å². The quantitative estimate of drug-likeness (QED) is 0.846. The van der Waals surface area contributed by atoms with Crippen molar-refractivity contribution in [2.75, 3.05) is 13.4 Å². The summed E-state index contributed by atoms with van der Waals surface area (Å²) in [7, 11) is 0. The van der Waals surface area contributed by atoms with E-state index in [9.17, 15) is 5.26 Å². The number of nitriles is 2. The molecule has 0 saturated heterocycles. The van der Waals surface area contributed by atoms with Crippen LogP contribution in [0.4, 0.5) is 0 Å². The Kier molecular flexibility index (Phi) is 4.31. The van der Waals surface area contributed by atoms with E-state index in [1.807, 2.05) is 12.1 Å². The molecule has 0 N–H and O–H groups in total. The number of fused-ring (bicyclic) bond motifs is 1. The van der Waals surface area contributed by atoms with Crippen LogP contribution in [0.1, 0.15) is 23.5 Å². The molecule has 1 aliphatic rings. The number of nitrogens with zero attached hydrogens (tertiary/aromatic N) is 2. The lowest BCUT2D eigenvalue weighted by molar-refractivity contribution is 0.173. The monoisotopic (exact) mass is 306 g/mol. The zero-order valence-corrected chi connectivity index (χ0v) is 12.4. The number of ether oxygens (including phenoxy) is 3. The lowest BCUT2D eigenvalue weighted by atomic mass is 9.96. The first kappa shape index (κ1) is 14.7. The molecule has 0 aliphatic carbocycles. The minimum atomic E-state index is -0.308. The molecule has 3 rings (SSSR count). The Morgan fingerprint density at radius 2 is 1.96 bits per heavy atom. The minimum Gasteiger partial charge on any atom is -0.493 e. The van der Waals surface area contributed by atoms with E-state index in [-0.39, 0.29) is 12.7 Å². The number of benzene rings is 2. The van der Waals surface area contributed by atoms with E-state index in [1.54, 1.807) is 30.3 Å². The zero-order valence-electron chi connectivity index (χ0n) is 12.4. The van der Waals surface area contributed by atoms with Gasteiger partial charge in [-0.25, -0.2) is 0 Å². The third-order valence-electron chi connectivity index (χ3n) is 3.59.